The highest BCUT2D eigenvalue weighted by molar-refractivity contribution is 7.98. The van der Waals surface area contributed by atoms with Crippen molar-refractivity contribution in [1.29, 1.82) is 0 Å². The molecule has 0 aromatic heterocycles. The first kappa shape index (κ1) is 14.3. The van der Waals surface area contributed by atoms with Crippen molar-refractivity contribution in [2.75, 3.05) is 38.7 Å². The zero-order valence-corrected chi connectivity index (χ0v) is 12.0. The van der Waals surface area contributed by atoms with Crippen molar-refractivity contribution >= 4 is 11.8 Å². The molecule has 1 rings (SSSR count). The second-order valence-electron chi connectivity index (χ2n) is 5.01. The lowest BCUT2D eigenvalue weighted by molar-refractivity contribution is 0.262. The lowest BCUT2D eigenvalue weighted by Gasteiger charge is -2.26. The fourth-order valence-electron chi connectivity index (χ4n) is 2.59. The van der Waals surface area contributed by atoms with Gasteiger partial charge < -0.3 is 10.2 Å². The van der Waals surface area contributed by atoms with Gasteiger partial charge in [0.05, 0.1) is 0 Å². The van der Waals surface area contributed by atoms with Gasteiger partial charge in [0.15, 0.2) is 0 Å². The number of nitrogens with one attached hydrogen (secondary N) is 1. The molecule has 1 saturated carbocycles. The summed E-state index contributed by atoms with van der Waals surface area (Å²) >= 11 is 1.95. The molecule has 2 unspecified atom stereocenters. The van der Waals surface area contributed by atoms with E-state index in [9.17, 15) is 0 Å². The van der Waals surface area contributed by atoms with E-state index in [4.69, 9.17) is 0 Å². The third-order valence-corrected chi connectivity index (χ3v) is 4.13. The van der Waals surface area contributed by atoms with Crippen LogP contribution in [0.4, 0.5) is 0 Å². The van der Waals surface area contributed by atoms with Gasteiger partial charge in [0.25, 0.3) is 0 Å². The van der Waals surface area contributed by atoms with Crippen molar-refractivity contribution < 1.29 is 0 Å². The molecule has 0 bridgehead atoms. The summed E-state index contributed by atoms with van der Waals surface area (Å²) in [6.45, 7) is 5.96. The maximum Gasteiger partial charge on any atom is 0.0107 e. The summed E-state index contributed by atoms with van der Waals surface area (Å²) in [5.74, 6) is 2.15. The Morgan fingerprint density at radius 1 is 1.38 bits per heavy atom. The standard InChI is InChI=1S/C13H28N2S/c1-4-8-14-13-7-5-6-12(13)11-15(2)9-10-16-3/h12-14H,4-11H2,1-3H3. The van der Waals surface area contributed by atoms with Gasteiger partial charge in [-0.1, -0.05) is 13.3 Å². The van der Waals surface area contributed by atoms with Crippen LogP contribution < -0.4 is 5.32 Å². The Morgan fingerprint density at radius 2 is 2.19 bits per heavy atom. The van der Waals surface area contributed by atoms with Gasteiger partial charge in [0.2, 0.25) is 0 Å². The van der Waals surface area contributed by atoms with Crippen LogP contribution in [0, 0.1) is 5.92 Å². The van der Waals surface area contributed by atoms with Crippen LogP contribution in [-0.2, 0) is 0 Å². The Kier molecular flexibility index (Phi) is 7.50. The van der Waals surface area contributed by atoms with Crippen molar-refractivity contribution in [1.82, 2.24) is 10.2 Å². The molecule has 1 N–H and O–H groups in total. The molecule has 0 amide bonds. The molecule has 0 heterocycles. The van der Waals surface area contributed by atoms with Gasteiger partial charge in [-0.2, -0.15) is 11.8 Å². The zero-order chi connectivity index (χ0) is 11.8. The largest absolute Gasteiger partial charge is 0.314 e. The molecule has 0 aromatic carbocycles. The zero-order valence-electron chi connectivity index (χ0n) is 11.2. The lowest BCUT2D eigenvalue weighted by Crippen LogP contribution is -2.39. The number of hydrogen-bond acceptors (Lipinski definition) is 3. The predicted molar refractivity (Wildman–Crippen MR) is 75.3 cm³/mol. The topological polar surface area (TPSA) is 15.3 Å². The second-order valence-corrected chi connectivity index (χ2v) is 5.99. The fraction of sp³-hybridized carbons (Fsp3) is 1.00. The molecule has 0 radical (unpaired) electrons. The first-order valence-corrected chi connectivity index (χ1v) is 8.08. The van der Waals surface area contributed by atoms with Gasteiger partial charge in [-0.3, -0.25) is 0 Å². The van der Waals surface area contributed by atoms with Crippen molar-refractivity contribution in [3.63, 3.8) is 0 Å². The van der Waals surface area contributed by atoms with Crippen LogP contribution in [0.25, 0.3) is 0 Å². The van der Waals surface area contributed by atoms with Crippen LogP contribution in [0.5, 0.6) is 0 Å². The summed E-state index contributed by atoms with van der Waals surface area (Å²) in [4.78, 5) is 2.51. The first-order valence-electron chi connectivity index (χ1n) is 6.68. The van der Waals surface area contributed by atoms with Gasteiger partial charge in [0, 0.05) is 24.9 Å². The summed E-state index contributed by atoms with van der Waals surface area (Å²) in [5.41, 5.74) is 0. The summed E-state index contributed by atoms with van der Waals surface area (Å²) in [5, 5.41) is 3.71. The van der Waals surface area contributed by atoms with Crippen LogP contribution in [-0.4, -0.2) is 49.6 Å². The lowest BCUT2D eigenvalue weighted by atomic mass is 10.0. The van der Waals surface area contributed by atoms with E-state index in [1.54, 1.807) is 0 Å². The van der Waals surface area contributed by atoms with E-state index in [0.29, 0.717) is 0 Å². The average molecular weight is 244 g/mol. The smallest absolute Gasteiger partial charge is 0.0107 e. The molecule has 3 heteroatoms. The van der Waals surface area contributed by atoms with Crippen molar-refractivity contribution in [2.24, 2.45) is 5.92 Å². The van der Waals surface area contributed by atoms with Crippen LogP contribution in [0.1, 0.15) is 32.6 Å². The number of thioether (sulfide) groups is 1. The van der Waals surface area contributed by atoms with E-state index in [1.807, 2.05) is 11.8 Å². The summed E-state index contributed by atoms with van der Waals surface area (Å²) in [7, 11) is 2.27. The molecule has 2 atom stereocenters. The monoisotopic (exact) mass is 244 g/mol. The quantitative estimate of drug-likeness (QED) is 0.706. The minimum Gasteiger partial charge on any atom is -0.314 e. The Labute approximate surface area is 106 Å². The maximum absolute atomic E-state index is 3.71. The number of rotatable bonds is 8. The molecule has 16 heavy (non-hydrogen) atoms. The highest BCUT2D eigenvalue weighted by Gasteiger charge is 2.27. The van der Waals surface area contributed by atoms with Gasteiger partial charge in [-0.25, -0.2) is 0 Å². The van der Waals surface area contributed by atoms with Crippen LogP contribution in [0.2, 0.25) is 0 Å². The van der Waals surface area contributed by atoms with Crippen LogP contribution >= 0.6 is 11.8 Å². The molecule has 0 aromatic rings. The molecule has 0 spiro atoms. The van der Waals surface area contributed by atoms with Crippen molar-refractivity contribution in [2.45, 2.75) is 38.6 Å². The minimum absolute atomic E-state index is 0.789. The third-order valence-electron chi connectivity index (χ3n) is 3.54. The molecular formula is C13H28N2S. The van der Waals surface area contributed by atoms with E-state index in [-0.39, 0.29) is 0 Å². The Hall–Kier alpha value is 0.270. The van der Waals surface area contributed by atoms with Gasteiger partial charge in [-0.15, -0.1) is 0 Å². The third kappa shape index (κ3) is 5.07. The Bertz CT molecular complexity index is 175. The van der Waals surface area contributed by atoms with Gasteiger partial charge >= 0.3 is 0 Å². The number of nitrogens with zero attached hydrogens (tertiary/aromatic N) is 1. The summed E-state index contributed by atoms with van der Waals surface area (Å²) in [6, 6.07) is 0.789. The van der Waals surface area contributed by atoms with Gasteiger partial charge in [0.1, 0.15) is 0 Å². The Morgan fingerprint density at radius 3 is 2.88 bits per heavy atom. The fourth-order valence-corrected chi connectivity index (χ4v) is 3.09. The Balaban J connectivity index is 2.22. The average Bonchev–Trinajstić information content (AvgIpc) is 2.71. The summed E-state index contributed by atoms with van der Waals surface area (Å²) < 4.78 is 0. The predicted octanol–water partition coefficient (Wildman–Crippen LogP) is 2.45. The van der Waals surface area contributed by atoms with E-state index < -0.39 is 0 Å². The highest BCUT2D eigenvalue weighted by atomic mass is 32.2. The van der Waals surface area contributed by atoms with Crippen molar-refractivity contribution in [3.05, 3.63) is 0 Å². The van der Waals surface area contributed by atoms with E-state index >= 15 is 0 Å². The molecular weight excluding hydrogens is 216 g/mol. The number of hydrogen-bond donors (Lipinski definition) is 1. The molecule has 1 aliphatic rings. The highest BCUT2D eigenvalue weighted by Crippen LogP contribution is 2.26. The SMILES string of the molecule is CCCNC1CCCC1CN(C)CCSC. The molecule has 96 valence electrons. The summed E-state index contributed by atoms with van der Waals surface area (Å²) in [6.07, 6.45) is 7.68. The van der Waals surface area contributed by atoms with E-state index in [2.05, 4.69) is 30.4 Å². The molecule has 2 nitrogen and oxygen atoms in total. The normalized spacial score (nSPS) is 25.5. The maximum atomic E-state index is 3.71. The van der Waals surface area contributed by atoms with E-state index in [1.165, 1.54) is 51.1 Å². The molecule has 0 saturated heterocycles. The minimum atomic E-state index is 0.789. The molecule has 1 aliphatic carbocycles. The second kappa shape index (κ2) is 8.37. The van der Waals surface area contributed by atoms with Crippen LogP contribution in [0.3, 0.4) is 0 Å². The van der Waals surface area contributed by atoms with E-state index in [0.717, 1.165) is 12.0 Å². The van der Waals surface area contributed by atoms with Crippen LogP contribution in [0.15, 0.2) is 0 Å². The van der Waals surface area contributed by atoms with Gasteiger partial charge in [-0.05, 0) is 45.0 Å². The molecule has 1 fully saturated rings. The van der Waals surface area contributed by atoms with Crippen molar-refractivity contribution in [3.8, 4) is 0 Å². The molecule has 0 aliphatic heterocycles. The first-order chi connectivity index (χ1) is 7.77.